The van der Waals surface area contributed by atoms with Gasteiger partial charge in [0.25, 0.3) is 0 Å². The molecule has 1 aromatic carbocycles. The van der Waals surface area contributed by atoms with Gasteiger partial charge in [0.1, 0.15) is 5.82 Å². The summed E-state index contributed by atoms with van der Waals surface area (Å²) in [5, 5.41) is 12.0. The average molecular weight is 354 g/mol. The van der Waals surface area contributed by atoms with Crippen LogP contribution in [0, 0.1) is 6.92 Å². The van der Waals surface area contributed by atoms with Crippen molar-refractivity contribution in [2.75, 3.05) is 30.4 Å². The van der Waals surface area contributed by atoms with E-state index in [9.17, 15) is 0 Å². The lowest BCUT2D eigenvalue weighted by atomic mass is 10.2. The van der Waals surface area contributed by atoms with Crippen LogP contribution in [0.15, 0.2) is 30.5 Å². The number of fused-ring (bicyclic) bond motifs is 1. The Balaban J connectivity index is 1.86. The zero-order valence-electron chi connectivity index (χ0n) is 15.6. The van der Waals surface area contributed by atoms with Crippen molar-refractivity contribution >= 4 is 28.5 Å². The highest BCUT2D eigenvalue weighted by molar-refractivity contribution is 5.89. The highest BCUT2D eigenvalue weighted by atomic mass is 16.5. The van der Waals surface area contributed by atoms with Crippen LogP contribution in [0.5, 0.6) is 0 Å². The van der Waals surface area contributed by atoms with E-state index in [2.05, 4.69) is 51.7 Å². The van der Waals surface area contributed by atoms with E-state index in [-0.39, 0.29) is 0 Å². The van der Waals surface area contributed by atoms with E-state index in [1.807, 2.05) is 29.9 Å². The molecule has 3 rings (SSSR count). The van der Waals surface area contributed by atoms with Crippen LogP contribution in [0.1, 0.15) is 25.8 Å². The second-order valence-electron chi connectivity index (χ2n) is 6.07. The monoisotopic (exact) mass is 354 g/mol. The van der Waals surface area contributed by atoms with Gasteiger partial charge in [-0.2, -0.15) is 15.1 Å². The van der Waals surface area contributed by atoms with Crippen molar-refractivity contribution in [3.8, 4) is 0 Å². The standard InChI is InChI=1S/C19H26N6O/c1-4-25-18-16(13-21-25)17(22-15-9-6-8-14(3)12-15)23-19(24-18)20-10-7-11-26-5-2/h6,8-9,12-13H,4-5,7,10-11H2,1-3H3,(H2,20,22,23,24). The molecule has 0 bridgehead atoms. The predicted molar refractivity (Wildman–Crippen MR) is 105 cm³/mol. The zero-order valence-corrected chi connectivity index (χ0v) is 15.6. The summed E-state index contributed by atoms with van der Waals surface area (Å²) in [6, 6.07) is 8.22. The van der Waals surface area contributed by atoms with E-state index < -0.39 is 0 Å². The van der Waals surface area contributed by atoms with E-state index in [0.717, 1.165) is 55.3 Å². The number of rotatable bonds is 9. The fourth-order valence-corrected chi connectivity index (χ4v) is 2.74. The van der Waals surface area contributed by atoms with Gasteiger partial charge in [-0.15, -0.1) is 0 Å². The van der Waals surface area contributed by atoms with E-state index in [1.54, 1.807) is 0 Å². The lowest BCUT2D eigenvalue weighted by molar-refractivity contribution is 0.147. The van der Waals surface area contributed by atoms with Crippen molar-refractivity contribution in [3.05, 3.63) is 36.0 Å². The first-order chi connectivity index (χ1) is 12.7. The van der Waals surface area contributed by atoms with Gasteiger partial charge in [0.2, 0.25) is 5.95 Å². The molecule has 0 aliphatic carbocycles. The van der Waals surface area contributed by atoms with Gasteiger partial charge in [0.05, 0.1) is 11.6 Å². The van der Waals surface area contributed by atoms with E-state index in [4.69, 9.17) is 4.74 Å². The van der Waals surface area contributed by atoms with Crippen LogP contribution in [0.4, 0.5) is 17.5 Å². The number of aromatic nitrogens is 4. The minimum atomic E-state index is 0.597. The Morgan fingerprint density at radius 2 is 2.08 bits per heavy atom. The molecule has 26 heavy (non-hydrogen) atoms. The quantitative estimate of drug-likeness (QED) is 0.570. The molecular weight excluding hydrogens is 328 g/mol. The topological polar surface area (TPSA) is 76.9 Å². The Morgan fingerprint density at radius 1 is 1.19 bits per heavy atom. The van der Waals surface area contributed by atoms with Crippen LogP contribution >= 0.6 is 0 Å². The van der Waals surface area contributed by atoms with Gasteiger partial charge in [-0.3, -0.25) is 0 Å². The molecule has 0 unspecified atom stereocenters. The minimum absolute atomic E-state index is 0.597. The van der Waals surface area contributed by atoms with Gasteiger partial charge >= 0.3 is 0 Å². The summed E-state index contributed by atoms with van der Waals surface area (Å²) in [5.74, 6) is 1.35. The molecule has 0 saturated carbocycles. The van der Waals surface area contributed by atoms with Crippen molar-refractivity contribution < 1.29 is 4.74 Å². The lowest BCUT2D eigenvalue weighted by Gasteiger charge is -2.11. The number of aryl methyl sites for hydroxylation is 2. The van der Waals surface area contributed by atoms with Crippen molar-refractivity contribution in [2.45, 2.75) is 33.7 Å². The summed E-state index contributed by atoms with van der Waals surface area (Å²) in [5.41, 5.74) is 3.01. The van der Waals surface area contributed by atoms with Crippen LogP contribution in [-0.4, -0.2) is 39.5 Å². The van der Waals surface area contributed by atoms with Gasteiger partial charge in [0, 0.05) is 32.0 Å². The number of ether oxygens (including phenoxy) is 1. The third kappa shape index (κ3) is 4.29. The Kier molecular flexibility index (Phi) is 6.01. The molecule has 0 radical (unpaired) electrons. The molecule has 2 aromatic heterocycles. The minimum Gasteiger partial charge on any atom is -0.382 e. The van der Waals surface area contributed by atoms with Gasteiger partial charge in [0.15, 0.2) is 5.65 Å². The number of nitrogens with zero attached hydrogens (tertiary/aromatic N) is 4. The number of hydrogen-bond acceptors (Lipinski definition) is 6. The third-order valence-corrected chi connectivity index (χ3v) is 4.03. The number of anilines is 3. The van der Waals surface area contributed by atoms with Crippen molar-refractivity contribution in [3.63, 3.8) is 0 Å². The number of benzene rings is 1. The molecule has 7 nitrogen and oxygen atoms in total. The molecule has 138 valence electrons. The fourth-order valence-electron chi connectivity index (χ4n) is 2.74. The Hall–Kier alpha value is -2.67. The molecule has 7 heteroatoms. The van der Waals surface area contributed by atoms with Crippen molar-refractivity contribution in [1.82, 2.24) is 19.7 Å². The maximum atomic E-state index is 5.37. The summed E-state index contributed by atoms with van der Waals surface area (Å²) >= 11 is 0. The SMILES string of the molecule is CCOCCCNc1nc(Nc2cccc(C)c2)c2cnn(CC)c2n1. The molecule has 0 aliphatic heterocycles. The second kappa shape index (κ2) is 8.62. The maximum Gasteiger partial charge on any atom is 0.226 e. The summed E-state index contributed by atoms with van der Waals surface area (Å²) in [4.78, 5) is 9.30. The van der Waals surface area contributed by atoms with E-state index >= 15 is 0 Å². The average Bonchev–Trinajstić information content (AvgIpc) is 3.05. The molecule has 0 atom stereocenters. The zero-order chi connectivity index (χ0) is 18.4. The molecule has 0 amide bonds. The first-order valence-corrected chi connectivity index (χ1v) is 9.10. The molecule has 0 fully saturated rings. The Bertz CT molecular complexity index is 860. The number of nitrogens with one attached hydrogen (secondary N) is 2. The molecule has 2 N–H and O–H groups in total. The molecule has 2 heterocycles. The molecule has 0 aliphatic rings. The summed E-state index contributed by atoms with van der Waals surface area (Å²) in [7, 11) is 0. The van der Waals surface area contributed by atoms with Crippen molar-refractivity contribution in [1.29, 1.82) is 0 Å². The van der Waals surface area contributed by atoms with Gasteiger partial charge in [-0.05, 0) is 44.9 Å². The first-order valence-electron chi connectivity index (χ1n) is 9.10. The van der Waals surface area contributed by atoms with Crippen LogP contribution in [-0.2, 0) is 11.3 Å². The third-order valence-electron chi connectivity index (χ3n) is 4.03. The molecular formula is C19H26N6O. The normalized spacial score (nSPS) is 11.0. The highest BCUT2D eigenvalue weighted by Gasteiger charge is 2.12. The lowest BCUT2D eigenvalue weighted by Crippen LogP contribution is -2.10. The first kappa shape index (κ1) is 18.1. The van der Waals surface area contributed by atoms with Gasteiger partial charge in [-0.1, -0.05) is 12.1 Å². The Morgan fingerprint density at radius 3 is 2.85 bits per heavy atom. The van der Waals surface area contributed by atoms with Crippen LogP contribution in [0.3, 0.4) is 0 Å². The van der Waals surface area contributed by atoms with Crippen LogP contribution < -0.4 is 10.6 Å². The van der Waals surface area contributed by atoms with E-state index in [1.165, 1.54) is 5.56 Å². The molecule has 0 saturated heterocycles. The predicted octanol–water partition coefficient (Wildman–Crippen LogP) is 3.74. The highest BCUT2D eigenvalue weighted by Crippen LogP contribution is 2.25. The summed E-state index contributed by atoms with van der Waals surface area (Å²) in [6.45, 7) is 9.11. The van der Waals surface area contributed by atoms with E-state index in [0.29, 0.717) is 5.95 Å². The van der Waals surface area contributed by atoms with Gasteiger partial charge < -0.3 is 15.4 Å². The second-order valence-corrected chi connectivity index (χ2v) is 6.07. The summed E-state index contributed by atoms with van der Waals surface area (Å²) in [6.07, 6.45) is 2.72. The largest absolute Gasteiger partial charge is 0.382 e. The van der Waals surface area contributed by atoms with Crippen molar-refractivity contribution in [2.24, 2.45) is 0 Å². The fraction of sp³-hybridized carbons (Fsp3) is 0.421. The summed E-state index contributed by atoms with van der Waals surface area (Å²) < 4.78 is 7.25. The van der Waals surface area contributed by atoms with Gasteiger partial charge in [-0.25, -0.2) is 4.68 Å². The maximum absolute atomic E-state index is 5.37. The van der Waals surface area contributed by atoms with Crippen LogP contribution in [0.2, 0.25) is 0 Å². The number of hydrogen-bond donors (Lipinski definition) is 2. The molecule has 0 spiro atoms. The molecule has 3 aromatic rings. The Labute approximate surface area is 153 Å². The van der Waals surface area contributed by atoms with Crippen LogP contribution in [0.25, 0.3) is 11.0 Å². The smallest absolute Gasteiger partial charge is 0.226 e.